The molecule has 29 heavy (non-hydrogen) atoms. The maximum atomic E-state index is 12.9. The summed E-state index contributed by atoms with van der Waals surface area (Å²) in [5, 5.41) is 12.3. The van der Waals surface area contributed by atoms with Gasteiger partial charge in [-0.05, 0) is 50.7 Å². The third kappa shape index (κ3) is 5.88. The van der Waals surface area contributed by atoms with Gasteiger partial charge in [0.1, 0.15) is 10.9 Å². The number of thiophene rings is 1. The lowest BCUT2D eigenvalue weighted by atomic mass is 9.81. The first-order valence-corrected chi connectivity index (χ1v) is 10.6. The van der Waals surface area contributed by atoms with Crippen LogP contribution in [0.15, 0.2) is 42.5 Å². The number of nitrogens with zero attached hydrogens (tertiary/aromatic N) is 1. The van der Waals surface area contributed by atoms with Crippen molar-refractivity contribution in [3.8, 4) is 0 Å². The van der Waals surface area contributed by atoms with Gasteiger partial charge in [0.2, 0.25) is 0 Å². The van der Waals surface area contributed by atoms with E-state index in [-0.39, 0.29) is 16.3 Å². The Morgan fingerprint density at radius 3 is 2.52 bits per heavy atom. The average molecular weight is 417 g/mol. The Hall–Kier alpha value is -2.22. The third-order valence-electron chi connectivity index (χ3n) is 5.48. The van der Waals surface area contributed by atoms with E-state index in [9.17, 15) is 9.59 Å². The van der Waals surface area contributed by atoms with Gasteiger partial charge < -0.3 is 14.7 Å². The number of benzene rings is 1. The van der Waals surface area contributed by atoms with Gasteiger partial charge in [0.25, 0.3) is 0 Å². The number of hydrogen-bond donors (Lipinski definition) is 2. The summed E-state index contributed by atoms with van der Waals surface area (Å²) >= 11 is 1.21. The van der Waals surface area contributed by atoms with Crippen molar-refractivity contribution in [3.05, 3.63) is 57.8 Å². The van der Waals surface area contributed by atoms with Gasteiger partial charge >= 0.3 is 11.9 Å². The number of carboxylic acids is 1. The topological polar surface area (TPSA) is 78.9 Å². The molecule has 3 rings (SSSR count). The van der Waals surface area contributed by atoms with E-state index in [1.54, 1.807) is 12.1 Å². The molecule has 2 heterocycles. The van der Waals surface area contributed by atoms with Crippen LogP contribution < -0.4 is 5.32 Å². The van der Waals surface area contributed by atoms with Crippen LogP contribution in [0.3, 0.4) is 0 Å². The van der Waals surface area contributed by atoms with Gasteiger partial charge in [-0.25, -0.2) is 9.59 Å². The second kappa shape index (κ2) is 9.52. The largest absolute Gasteiger partial charge is 0.477 e. The van der Waals surface area contributed by atoms with E-state index >= 15 is 0 Å². The summed E-state index contributed by atoms with van der Waals surface area (Å²) in [5.41, 5.74) is 0.842. The lowest BCUT2D eigenvalue weighted by molar-refractivity contribution is -0.150. The maximum absolute atomic E-state index is 12.9. The quantitative estimate of drug-likeness (QED) is 0.641. The molecule has 1 aliphatic heterocycles. The number of nitrogens with one attached hydrogen (secondary N) is 1. The fraction of sp³-hybridized carbons (Fsp3) is 0.455. The molecule has 0 saturated carbocycles. The van der Waals surface area contributed by atoms with Crippen molar-refractivity contribution >= 4 is 23.3 Å². The Kier molecular flexibility index (Phi) is 7.05. The number of carbonyl (C=O) groups is 2. The van der Waals surface area contributed by atoms with E-state index in [1.807, 2.05) is 30.3 Å². The van der Waals surface area contributed by atoms with E-state index in [0.29, 0.717) is 13.2 Å². The molecule has 1 saturated heterocycles. The Labute approximate surface area is 175 Å². The number of aromatic carboxylic acids is 1. The average Bonchev–Trinajstić information content (AvgIpc) is 3.19. The highest BCUT2D eigenvalue weighted by molar-refractivity contribution is 7.13. The number of carbonyl (C=O) groups excluding carboxylic acids is 1. The normalized spacial score (nSPS) is 17.6. The molecule has 0 radical (unpaired) electrons. The molecule has 6 nitrogen and oxygen atoms in total. The molecule has 0 bridgehead atoms. The first-order chi connectivity index (χ1) is 13.9. The monoisotopic (exact) mass is 416 g/mol. The number of hydrogen-bond acceptors (Lipinski definition) is 6. The number of esters is 1. The van der Waals surface area contributed by atoms with E-state index in [2.05, 4.69) is 24.2 Å². The molecular formula is C22H28N2O4S. The lowest BCUT2D eigenvalue weighted by Gasteiger charge is -2.37. The van der Waals surface area contributed by atoms with Crippen LogP contribution in [0, 0.1) is 5.41 Å². The fourth-order valence-corrected chi connectivity index (χ4v) is 4.20. The molecule has 1 unspecified atom stereocenters. The highest BCUT2D eigenvalue weighted by Gasteiger charge is 2.32. The maximum Gasteiger partial charge on any atom is 0.345 e. The number of likely N-dealkylation sites (tertiary alicyclic amines) is 1. The van der Waals surface area contributed by atoms with E-state index in [4.69, 9.17) is 9.84 Å². The zero-order valence-corrected chi connectivity index (χ0v) is 17.7. The summed E-state index contributed by atoms with van der Waals surface area (Å²) in [7, 11) is 2.11. The minimum atomic E-state index is -0.938. The van der Waals surface area contributed by atoms with Gasteiger partial charge in [-0.2, -0.15) is 0 Å². The van der Waals surface area contributed by atoms with Crippen LogP contribution in [0.25, 0.3) is 0 Å². The van der Waals surface area contributed by atoms with Crippen molar-refractivity contribution in [1.29, 1.82) is 0 Å². The zero-order chi connectivity index (χ0) is 20.9. The summed E-state index contributed by atoms with van der Waals surface area (Å²) in [4.78, 5) is 27.5. The molecule has 0 aliphatic carbocycles. The van der Waals surface area contributed by atoms with Crippen LogP contribution >= 0.6 is 11.3 Å². The van der Waals surface area contributed by atoms with E-state index < -0.39 is 12.0 Å². The predicted octanol–water partition coefficient (Wildman–Crippen LogP) is 3.55. The Bertz CT molecular complexity index is 828. The number of ether oxygens (including phenoxy) is 1. The molecule has 1 atom stereocenters. The van der Waals surface area contributed by atoms with Crippen molar-refractivity contribution in [1.82, 2.24) is 10.2 Å². The second-order valence-corrected chi connectivity index (χ2v) is 9.19. The Balaban J connectivity index is 1.65. The van der Waals surface area contributed by atoms with Crippen LogP contribution in [0.5, 0.6) is 0 Å². The minimum absolute atomic E-state index is 0.00749. The molecule has 0 amide bonds. The summed E-state index contributed by atoms with van der Waals surface area (Å²) < 4.78 is 5.76. The van der Waals surface area contributed by atoms with Gasteiger partial charge in [-0.15, -0.1) is 11.3 Å². The van der Waals surface area contributed by atoms with E-state index in [1.165, 1.54) is 11.3 Å². The van der Waals surface area contributed by atoms with Crippen molar-refractivity contribution in [2.75, 3.05) is 26.7 Å². The van der Waals surface area contributed by atoms with Crippen molar-refractivity contribution in [2.45, 2.75) is 32.4 Å². The van der Waals surface area contributed by atoms with Gasteiger partial charge in [-0.3, -0.25) is 5.32 Å². The Morgan fingerprint density at radius 2 is 1.90 bits per heavy atom. The molecule has 2 N–H and O–H groups in total. The molecule has 1 aromatic carbocycles. The minimum Gasteiger partial charge on any atom is -0.477 e. The molecular weight excluding hydrogens is 388 g/mol. The Morgan fingerprint density at radius 1 is 1.21 bits per heavy atom. The van der Waals surface area contributed by atoms with Crippen LogP contribution in [0.1, 0.15) is 45.9 Å². The lowest BCUT2D eigenvalue weighted by Crippen LogP contribution is -2.40. The molecule has 156 valence electrons. The smallest absolute Gasteiger partial charge is 0.345 e. The van der Waals surface area contributed by atoms with Crippen molar-refractivity contribution < 1.29 is 19.4 Å². The summed E-state index contributed by atoms with van der Waals surface area (Å²) in [5.74, 6) is -1.24. The van der Waals surface area contributed by atoms with Gasteiger partial charge in [0, 0.05) is 16.8 Å². The standard InChI is InChI=1S/C22H28N2O4S/c1-22(10-12-24(2)13-11-22)15-28-21(27)19(16-6-4-3-5-7-16)23-14-17-8-9-18(29-17)20(25)26/h3-9,19,23H,10-15H2,1-2H3,(H,25,26). The van der Waals surface area contributed by atoms with Gasteiger partial charge in [0.05, 0.1) is 6.61 Å². The molecule has 0 spiro atoms. The van der Waals surface area contributed by atoms with E-state index in [0.717, 1.165) is 36.4 Å². The summed E-state index contributed by atoms with van der Waals surface area (Å²) in [6.07, 6.45) is 2.01. The first-order valence-electron chi connectivity index (χ1n) is 9.82. The second-order valence-electron chi connectivity index (χ2n) is 8.02. The number of carboxylic acid groups (broad SMARTS) is 1. The predicted molar refractivity (Wildman–Crippen MR) is 113 cm³/mol. The summed E-state index contributed by atoms with van der Waals surface area (Å²) in [6.45, 7) is 5.01. The number of piperidine rings is 1. The highest BCUT2D eigenvalue weighted by atomic mass is 32.1. The molecule has 7 heteroatoms. The van der Waals surface area contributed by atoms with Crippen LogP contribution in [-0.2, 0) is 16.1 Å². The first kappa shape index (κ1) is 21.5. The SMILES string of the molecule is CN1CCC(C)(COC(=O)C(NCc2ccc(C(=O)O)s2)c2ccccc2)CC1. The van der Waals surface area contributed by atoms with Gasteiger partial charge in [-0.1, -0.05) is 37.3 Å². The fourth-order valence-electron chi connectivity index (χ4n) is 3.40. The van der Waals surface area contributed by atoms with Gasteiger partial charge in [0.15, 0.2) is 0 Å². The van der Waals surface area contributed by atoms with Crippen LogP contribution in [0.2, 0.25) is 0 Å². The molecule has 2 aromatic rings. The van der Waals surface area contributed by atoms with Crippen molar-refractivity contribution in [2.24, 2.45) is 5.41 Å². The molecule has 1 aromatic heterocycles. The summed E-state index contributed by atoms with van der Waals surface area (Å²) in [6, 6.07) is 12.2. The highest BCUT2D eigenvalue weighted by Crippen LogP contribution is 2.31. The van der Waals surface area contributed by atoms with Crippen LogP contribution in [0.4, 0.5) is 0 Å². The number of rotatable bonds is 8. The van der Waals surface area contributed by atoms with Crippen molar-refractivity contribution in [3.63, 3.8) is 0 Å². The molecule has 1 fully saturated rings. The van der Waals surface area contributed by atoms with Crippen LogP contribution in [-0.4, -0.2) is 48.7 Å². The third-order valence-corrected chi connectivity index (χ3v) is 6.55. The zero-order valence-electron chi connectivity index (χ0n) is 16.9. The molecule has 1 aliphatic rings.